The fraction of sp³-hybridized carbons (Fsp3) is 0.538. The van der Waals surface area contributed by atoms with Crippen LogP contribution in [-0.4, -0.2) is 49.2 Å². The van der Waals surface area contributed by atoms with Gasteiger partial charge in [0.15, 0.2) is 0 Å². The highest BCUT2D eigenvalue weighted by atomic mass is 32.2. The Hall–Kier alpha value is -0.950. The number of benzene rings is 1. The predicted molar refractivity (Wildman–Crippen MR) is 73.4 cm³/mol. The molecule has 0 saturated carbocycles. The largest absolute Gasteiger partial charge is 0.394 e. The monoisotopic (exact) mass is 287 g/mol. The Bertz CT molecular complexity index is 496. The summed E-state index contributed by atoms with van der Waals surface area (Å²) in [5.41, 5.74) is 1.07. The second-order valence-corrected chi connectivity index (χ2v) is 6.89. The molecule has 19 heavy (non-hydrogen) atoms. The number of rotatable bonds is 6. The van der Waals surface area contributed by atoms with Crippen molar-refractivity contribution in [2.45, 2.75) is 30.8 Å². The Morgan fingerprint density at radius 3 is 2.16 bits per heavy atom. The molecule has 6 heteroatoms. The van der Waals surface area contributed by atoms with Gasteiger partial charge in [-0.1, -0.05) is 26.0 Å². The molecule has 1 unspecified atom stereocenters. The number of hydrogen-bond acceptors (Lipinski definition) is 4. The lowest BCUT2D eigenvalue weighted by Gasteiger charge is -2.19. The minimum absolute atomic E-state index is 0.134. The molecule has 0 aliphatic carbocycles. The van der Waals surface area contributed by atoms with E-state index in [0.29, 0.717) is 5.92 Å². The fourth-order valence-corrected chi connectivity index (χ4v) is 2.87. The van der Waals surface area contributed by atoms with Crippen LogP contribution >= 0.6 is 0 Å². The number of sulfonamides is 1. The van der Waals surface area contributed by atoms with E-state index in [0.717, 1.165) is 9.87 Å². The first kappa shape index (κ1) is 16.1. The zero-order valence-corrected chi connectivity index (χ0v) is 12.3. The van der Waals surface area contributed by atoms with E-state index in [1.165, 1.54) is 7.05 Å². The van der Waals surface area contributed by atoms with Gasteiger partial charge in [0.1, 0.15) is 0 Å². The SMILES string of the molecule is CC(C)c1ccc(S(=O)(=O)N(C)CC(O)CO)cc1. The molecule has 0 heterocycles. The second kappa shape index (κ2) is 6.47. The average molecular weight is 287 g/mol. The fourth-order valence-electron chi connectivity index (χ4n) is 1.66. The van der Waals surface area contributed by atoms with Crippen LogP contribution < -0.4 is 0 Å². The summed E-state index contributed by atoms with van der Waals surface area (Å²) in [5, 5.41) is 18.0. The van der Waals surface area contributed by atoms with Gasteiger partial charge < -0.3 is 10.2 Å². The third-order valence-corrected chi connectivity index (χ3v) is 4.77. The summed E-state index contributed by atoms with van der Waals surface area (Å²) in [4.78, 5) is 0.185. The molecule has 1 aromatic carbocycles. The van der Waals surface area contributed by atoms with Gasteiger partial charge in [-0.15, -0.1) is 0 Å². The molecular formula is C13H21NO4S. The lowest BCUT2D eigenvalue weighted by molar-refractivity contribution is 0.0826. The van der Waals surface area contributed by atoms with E-state index in [9.17, 15) is 13.5 Å². The predicted octanol–water partition coefficient (Wildman–Crippen LogP) is 0.784. The van der Waals surface area contributed by atoms with Crippen LogP contribution in [0.25, 0.3) is 0 Å². The summed E-state index contributed by atoms with van der Waals surface area (Å²) in [6.07, 6.45) is -1.07. The zero-order valence-electron chi connectivity index (χ0n) is 11.4. The molecule has 1 atom stereocenters. The molecule has 0 aliphatic rings. The third kappa shape index (κ3) is 4.01. The molecule has 2 N–H and O–H groups in total. The average Bonchev–Trinajstić information content (AvgIpc) is 2.38. The lowest BCUT2D eigenvalue weighted by atomic mass is 10.0. The zero-order chi connectivity index (χ0) is 14.6. The van der Waals surface area contributed by atoms with Crippen LogP contribution in [0, 0.1) is 0 Å². The Kier molecular flexibility index (Phi) is 5.49. The van der Waals surface area contributed by atoms with Gasteiger partial charge >= 0.3 is 0 Å². The smallest absolute Gasteiger partial charge is 0.242 e. The van der Waals surface area contributed by atoms with Crippen LogP contribution in [0.5, 0.6) is 0 Å². The minimum atomic E-state index is -3.62. The topological polar surface area (TPSA) is 77.8 Å². The highest BCUT2D eigenvalue weighted by Crippen LogP contribution is 2.19. The Labute approximate surface area is 114 Å². The van der Waals surface area contributed by atoms with Gasteiger partial charge in [0.2, 0.25) is 10.0 Å². The van der Waals surface area contributed by atoms with E-state index < -0.39 is 22.7 Å². The van der Waals surface area contributed by atoms with Crippen LogP contribution in [0.4, 0.5) is 0 Å². The lowest BCUT2D eigenvalue weighted by Crippen LogP contribution is -2.35. The Balaban J connectivity index is 2.93. The highest BCUT2D eigenvalue weighted by Gasteiger charge is 2.22. The van der Waals surface area contributed by atoms with E-state index in [1.807, 2.05) is 13.8 Å². The van der Waals surface area contributed by atoms with E-state index >= 15 is 0 Å². The van der Waals surface area contributed by atoms with Gasteiger partial charge in [-0.25, -0.2) is 8.42 Å². The number of likely N-dealkylation sites (N-methyl/N-ethyl adjacent to an activating group) is 1. The van der Waals surface area contributed by atoms with Gasteiger partial charge in [0.25, 0.3) is 0 Å². The van der Waals surface area contributed by atoms with Crippen LogP contribution in [0.2, 0.25) is 0 Å². The van der Waals surface area contributed by atoms with Gasteiger partial charge in [-0.2, -0.15) is 4.31 Å². The number of nitrogens with zero attached hydrogens (tertiary/aromatic N) is 1. The summed E-state index contributed by atoms with van der Waals surface area (Å²) >= 11 is 0. The van der Waals surface area contributed by atoms with Crippen molar-refractivity contribution in [3.05, 3.63) is 29.8 Å². The summed E-state index contributed by atoms with van der Waals surface area (Å²) in [7, 11) is -2.24. The normalized spacial score (nSPS) is 14.1. The molecule has 0 aromatic heterocycles. The van der Waals surface area contributed by atoms with Gasteiger partial charge in [0.05, 0.1) is 17.6 Å². The molecule has 0 aliphatic heterocycles. The third-order valence-electron chi connectivity index (χ3n) is 2.93. The minimum Gasteiger partial charge on any atom is -0.394 e. The first-order valence-corrected chi connectivity index (χ1v) is 7.58. The first-order chi connectivity index (χ1) is 8.78. The van der Waals surface area contributed by atoms with Crippen molar-refractivity contribution in [2.24, 2.45) is 0 Å². The summed E-state index contributed by atoms with van der Waals surface area (Å²) in [6.45, 7) is 3.47. The van der Waals surface area contributed by atoms with Gasteiger partial charge in [-0.05, 0) is 23.6 Å². The maximum absolute atomic E-state index is 12.2. The van der Waals surface area contributed by atoms with Crippen molar-refractivity contribution in [3.8, 4) is 0 Å². The van der Waals surface area contributed by atoms with Gasteiger partial charge in [-0.3, -0.25) is 0 Å². The molecule has 0 saturated heterocycles. The van der Waals surface area contributed by atoms with Crippen molar-refractivity contribution >= 4 is 10.0 Å². The summed E-state index contributed by atoms with van der Waals surface area (Å²) < 4.78 is 25.4. The van der Waals surface area contributed by atoms with Crippen LogP contribution in [-0.2, 0) is 10.0 Å². The van der Waals surface area contributed by atoms with E-state index in [2.05, 4.69) is 0 Å². The highest BCUT2D eigenvalue weighted by molar-refractivity contribution is 7.89. The molecule has 0 amide bonds. The number of aliphatic hydroxyl groups excluding tert-OH is 2. The van der Waals surface area contributed by atoms with E-state index in [-0.39, 0.29) is 11.4 Å². The van der Waals surface area contributed by atoms with Crippen molar-refractivity contribution in [3.63, 3.8) is 0 Å². The van der Waals surface area contributed by atoms with E-state index in [4.69, 9.17) is 5.11 Å². The standard InChI is InChI=1S/C13H21NO4S/c1-10(2)11-4-6-13(7-5-11)19(17,18)14(3)8-12(16)9-15/h4-7,10,12,15-16H,8-9H2,1-3H3. The first-order valence-electron chi connectivity index (χ1n) is 6.14. The molecule has 5 nitrogen and oxygen atoms in total. The molecule has 1 rings (SSSR count). The van der Waals surface area contributed by atoms with E-state index in [1.54, 1.807) is 24.3 Å². The van der Waals surface area contributed by atoms with Crippen molar-refractivity contribution in [1.29, 1.82) is 0 Å². The number of aliphatic hydroxyl groups is 2. The Morgan fingerprint density at radius 2 is 1.74 bits per heavy atom. The van der Waals surface area contributed by atoms with Crippen molar-refractivity contribution < 1.29 is 18.6 Å². The summed E-state index contributed by atoms with van der Waals surface area (Å²) in [5.74, 6) is 0.339. The second-order valence-electron chi connectivity index (χ2n) is 4.85. The van der Waals surface area contributed by atoms with Crippen LogP contribution in [0.1, 0.15) is 25.3 Å². The maximum Gasteiger partial charge on any atom is 0.242 e. The van der Waals surface area contributed by atoms with Crippen molar-refractivity contribution in [1.82, 2.24) is 4.31 Å². The summed E-state index contributed by atoms with van der Waals surface area (Å²) in [6, 6.07) is 6.70. The Morgan fingerprint density at radius 1 is 1.21 bits per heavy atom. The molecular weight excluding hydrogens is 266 g/mol. The van der Waals surface area contributed by atoms with Crippen molar-refractivity contribution in [2.75, 3.05) is 20.2 Å². The molecule has 108 valence electrons. The van der Waals surface area contributed by atoms with Gasteiger partial charge in [0, 0.05) is 13.6 Å². The number of hydrogen-bond donors (Lipinski definition) is 2. The van der Waals surface area contributed by atoms with Crippen LogP contribution in [0.15, 0.2) is 29.2 Å². The molecule has 0 radical (unpaired) electrons. The maximum atomic E-state index is 12.2. The molecule has 0 bridgehead atoms. The quantitative estimate of drug-likeness (QED) is 0.810. The van der Waals surface area contributed by atoms with Crippen LogP contribution in [0.3, 0.4) is 0 Å². The molecule has 0 spiro atoms. The molecule has 1 aromatic rings. The molecule has 0 fully saturated rings.